The lowest BCUT2D eigenvalue weighted by Crippen LogP contribution is -2.45. The fraction of sp³-hybridized carbons (Fsp3) is 0.471. The molecule has 4 nitrogen and oxygen atoms in total. The molecule has 0 saturated carbocycles. The van der Waals surface area contributed by atoms with Gasteiger partial charge in [0.15, 0.2) is 8.29 Å². The van der Waals surface area contributed by atoms with Crippen molar-refractivity contribution >= 4 is 41.2 Å². The highest BCUT2D eigenvalue weighted by molar-refractivity contribution is 8.02. The summed E-state index contributed by atoms with van der Waals surface area (Å²) in [7, 11) is 0. The van der Waals surface area contributed by atoms with Gasteiger partial charge in [-0.3, -0.25) is 4.79 Å². The van der Waals surface area contributed by atoms with Crippen molar-refractivity contribution in [1.29, 1.82) is 0 Å². The van der Waals surface area contributed by atoms with Gasteiger partial charge in [-0.15, -0.1) is 5.10 Å². The predicted octanol–water partition coefficient (Wildman–Crippen LogP) is 4.93. The maximum Gasteiger partial charge on any atom is 0.236 e. The van der Waals surface area contributed by atoms with Crippen molar-refractivity contribution in [3.8, 4) is 5.69 Å². The molecule has 1 amide bonds. The third-order valence-electron chi connectivity index (χ3n) is 3.59. The lowest BCUT2D eigenvalue weighted by Gasteiger charge is -2.32. The Morgan fingerprint density at radius 1 is 1.20 bits per heavy atom. The molecule has 136 valence electrons. The van der Waals surface area contributed by atoms with Gasteiger partial charge in [0.2, 0.25) is 5.91 Å². The van der Waals surface area contributed by atoms with Gasteiger partial charge in [-0.2, -0.15) is 0 Å². The van der Waals surface area contributed by atoms with E-state index >= 15 is 0 Å². The minimum atomic E-state index is -0.304. The summed E-state index contributed by atoms with van der Waals surface area (Å²) in [5.74, 6) is -0.216. The Labute approximate surface area is 161 Å². The molecule has 0 N–H and O–H groups in total. The third-order valence-corrected chi connectivity index (χ3v) is 6.00. The minimum Gasteiger partial charge on any atom is -0.337 e. The number of amides is 1. The van der Waals surface area contributed by atoms with Crippen molar-refractivity contribution in [1.82, 2.24) is 14.7 Å². The van der Waals surface area contributed by atoms with Gasteiger partial charge >= 0.3 is 0 Å². The minimum absolute atomic E-state index is 0.0875. The van der Waals surface area contributed by atoms with Gasteiger partial charge < -0.3 is 4.90 Å². The van der Waals surface area contributed by atoms with Crippen molar-refractivity contribution < 1.29 is 9.18 Å². The molecule has 0 aliphatic carbocycles. The van der Waals surface area contributed by atoms with Crippen molar-refractivity contribution in [3.05, 3.63) is 34.0 Å². The zero-order valence-electron chi connectivity index (χ0n) is 14.9. The fourth-order valence-corrected chi connectivity index (χ4v) is 5.13. The molecular formula is C17H22FN3OS3. The molecule has 0 radical (unpaired) electrons. The number of rotatable bonds is 6. The van der Waals surface area contributed by atoms with Crippen LogP contribution in [0.25, 0.3) is 5.69 Å². The lowest BCUT2D eigenvalue weighted by atomic mass is 10.2. The number of hydrogen-bond acceptors (Lipinski definition) is 5. The van der Waals surface area contributed by atoms with Gasteiger partial charge in [0.05, 0.1) is 10.9 Å². The highest BCUT2D eigenvalue weighted by Crippen LogP contribution is 2.29. The number of carbonyl (C=O) groups excluding carboxylic acids is 1. The molecule has 0 bridgehead atoms. The average molecular weight is 400 g/mol. The highest BCUT2D eigenvalue weighted by Gasteiger charge is 2.26. The number of thioether (sulfide) groups is 1. The molecule has 8 heteroatoms. The Balaban J connectivity index is 2.18. The first-order valence-electron chi connectivity index (χ1n) is 8.05. The quantitative estimate of drug-likeness (QED) is 0.510. The van der Waals surface area contributed by atoms with Crippen molar-refractivity contribution in [2.45, 2.75) is 56.3 Å². The summed E-state index contributed by atoms with van der Waals surface area (Å²) in [6, 6.07) is 6.30. The number of halogens is 1. The van der Waals surface area contributed by atoms with Crippen LogP contribution < -0.4 is 0 Å². The summed E-state index contributed by atoms with van der Waals surface area (Å²) in [6.45, 7) is 9.95. The van der Waals surface area contributed by atoms with E-state index in [0.717, 1.165) is 4.34 Å². The Morgan fingerprint density at radius 2 is 1.76 bits per heavy atom. The van der Waals surface area contributed by atoms with E-state index < -0.39 is 0 Å². The Kier molecular flexibility index (Phi) is 6.76. The van der Waals surface area contributed by atoms with E-state index in [1.165, 1.54) is 35.2 Å². The first kappa shape index (κ1) is 20.1. The molecule has 2 aromatic rings. The molecule has 0 saturated heterocycles. The summed E-state index contributed by atoms with van der Waals surface area (Å²) >= 11 is 8.11. The van der Waals surface area contributed by atoms with Crippen LogP contribution in [0.1, 0.15) is 34.6 Å². The van der Waals surface area contributed by atoms with Crippen LogP contribution in [0, 0.1) is 9.77 Å². The molecule has 25 heavy (non-hydrogen) atoms. The second-order valence-electron chi connectivity index (χ2n) is 6.22. The maximum atomic E-state index is 13.1. The number of aromatic nitrogens is 2. The van der Waals surface area contributed by atoms with E-state index in [2.05, 4.69) is 5.10 Å². The van der Waals surface area contributed by atoms with Gasteiger partial charge in [-0.25, -0.2) is 9.07 Å². The van der Waals surface area contributed by atoms with Crippen LogP contribution in [0.4, 0.5) is 4.39 Å². The van der Waals surface area contributed by atoms with E-state index in [1.807, 2.05) is 39.5 Å². The van der Waals surface area contributed by atoms with E-state index in [4.69, 9.17) is 12.2 Å². The molecule has 0 aliphatic heterocycles. The zero-order chi connectivity index (χ0) is 18.7. The summed E-state index contributed by atoms with van der Waals surface area (Å²) in [4.78, 5) is 14.6. The molecule has 0 fully saturated rings. The van der Waals surface area contributed by atoms with Crippen LogP contribution in [0.3, 0.4) is 0 Å². The van der Waals surface area contributed by atoms with Gasteiger partial charge in [0.1, 0.15) is 5.82 Å². The molecule has 1 aromatic heterocycles. The SMILES string of the molecule is CC(C)N(C(=O)[C@H](C)Sc1nn(-c2ccc(F)cc2)c(=S)s1)C(C)C. The van der Waals surface area contributed by atoms with Crippen LogP contribution in [-0.4, -0.2) is 37.9 Å². The van der Waals surface area contributed by atoms with Gasteiger partial charge in [0.25, 0.3) is 0 Å². The number of carbonyl (C=O) groups is 1. The van der Waals surface area contributed by atoms with Crippen LogP contribution in [-0.2, 0) is 4.79 Å². The molecular weight excluding hydrogens is 377 g/mol. The second kappa shape index (κ2) is 8.42. The molecule has 0 unspecified atom stereocenters. The van der Waals surface area contributed by atoms with E-state index in [1.54, 1.807) is 16.8 Å². The standard InChI is InChI=1S/C17H22FN3OS3/c1-10(2)20(11(3)4)15(22)12(5)24-16-19-21(17(23)25-16)14-8-6-13(18)7-9-14/h6-12H,1-5H3/t12-/m0/s1. The summed E-state index contributed by atoms with van der Waals surface area (Å²) < 4.78 is 16.0. The zero-order valence-corrected chi connectivity index (χ0v) is 17.3. The Bertz CT molecular complexity index is 775. The summed E-state index contributed by atoms with van der Waals surface area (Å²) in [5.41, 5.74) is 0.708. The topological polar surface area (TPSA) is 38.1 Å². The maximum absolute atomic E-state index is 13.1. The molecule has 0 spiro atoms. The van der Waals surface area contributed by atoms with Crippen molar-refractivity contribution in [2.24, 2.45) is 0 Å². The molecule has 1 heterocycles. The number of nitrogens with zero attached hydrogens (tertiary/aromatic N) is 3. The van der Waals surface area contributed by atoms with Crippen molar-refractivity contribution in [2.75, 3.05) is 0 Å². The second-order valence-corrected chi connectivity index (χ2v) is 9.43. The number of benzene rings is 1. The van der Waals surface area contributed by atoms with Gasteiger partial charge in [0, 0.05) is 12.1 Å². The van der Waals surface area contributed by atoms with E-state index in [9.17, 15) is 9.18 Å². The normalized spacial score (nSPS) is 12.6. The average Bonchev–Trinajstić information content (AvgIpc) is 2.87. The van der Waals surface area contributed by atoms with Gasteiger partial charge in [-0.1, -0.05) is 23.1 Å². The first-order chi connectivity index (χ1) is 11.7. The van der Waals surface area contributed by atoms with Crippen LogP contribution in [0.15, 0.2) is 28.6 Å². The third kappa shape index (κ3) is 4.89. The number of hydrogen-bond donors (Lipinski definition) is 0. The lowest BCUT2D eigenvalue weighted by molar-refractivity contribution is -0.133. The van der Waals surface area contributed by atoms with E-state index in [-0.39, 0.29) is 29.1 Å². The monoisotopic (exact) mass is 399 g/mol. The smallest absolute Gasteiger partial charge is 0.236 e. The van der Waals surface area contributed by atoms with E-state index in [0.29, 0.717) is 9.64 Å². The Morgan fingerprint density at radius 3 is 2.28 bits per heavy atom. The molecule has 2 rings (SSSR count). The summed E-state index contributed by atoms with van der Waals surface area (Å²) in [6.07, 6.45) is 0. The summed E-state index contributed by atoms with van der Waals surface area (Å²) in [5, 5.41) is 4.22. The largest absolute Gasteiger partial charge is 0.337 e. The molecule has 0 aliphatic rings. The molecule has 1 aromatic carbocycles. The molecule has 1 atom stereocenters. The predicted molar refractivity (Wildman–Crippen MR) is 105 cm³/mol. The van der Waals surface area contributed by atoms with Crippen LogP contribution >= 0.6 is 35.3 Å². The Hall–Kier alpha value is -1.25. The van der Waals surface area contributed by atoms with Gasteiger partial charge in [-0.05, 0) is 71.1 Å². The van der Waals surface area contributed by atoms with Crippen LogP contribution in [0.5, 0.6) is 0 Å². The highest BCUT2D eigenvalue weighted by atomic mass is 32.2. The first-order valence-corrected chi connectivity index (χ1v) is 10.2. The fourth-order valence-electron chi connectivity index (χ4n) is 2.57. The van der Waals surface area contributed by atoms with Crippen LogP contribution in [0.2, 0.25) is 0 Å². The van der Waals surface area contributed by atoms with Crippen molar-refractivity contribution in [3.63, 3.8) is 0 Å².